The fourth-order valence-electron chi connectivity index (χ4n) is 7.42. The Balaban J connectivity index is 2.10. The van der Waals surface area contributed by atoms with Crippen LogP contribution in [0.5, 0.6) is 0 Å². The topological polar surface area (TPSA) is 135 Å². The van der Waals surface area contributed by atoms with Crippen molar-refractivity contribution in [2.24, 2.45) is 35.5 Å². The fourth-order valence-corrected chi connectivity index (χ4v) is 7.42. The van der Waals surface area contributed by atoms with Gasteiger partial charge in [0.15, 0.2) is 5.79 Å². The Kier molecular flexibility index (Phi) is 18.6. The Labute approximate surface area is 301 Å². The maximum absolute atomic E-state index is 11.5. The molecule has 1 spiro atoms. The Bertz CT molecular complexity index is 1200. The summed E-state index contributed by atoms with van der Waals surface area (Å²) < 4.78 is 24.6. The molecule has 14 unspecified atom stereocenters. The van der Waals surface area contributed by atoms with Crippen molar-refractivity contribution in [2.75, 3.05) is 14.2 Å². The van der Waals surface area contributed by atoms with Crippen molar-refractivity contribution in [2.45, 2.75) is 130 Å². The van der Waals surface area contributed by atoms with Crippen LogP contribution in [0.2, 0.25) is 0 Å². The summed E-state index contributed by atoms with van der Waals surface area (Å²) in [7, 11) is 3.16. The highest BCUT2D eigenvalue weighted by atomic mass is 16.7. The van der Waals surface area contributed by atoms with E-state index >= 15 is 0 Å². The molecular formula is C41H66O9. The van der Waals surface area contributed by atoms with Crippen LogP contribution >= 0.6 is 0 Å². The third kappa shape index (κ3) is 12.4. The zero-order valence-corrected chi connectivity index (χ0v) is 32.0. The highest BCUT2D eigenvalue weighted by Crippen LogP contribution is 2.47. The molecule has 2 aliphatic heterocycles. The SMILES string of the molecule is C/C=C(\C)CC(C)C(O)C(C)C1OC2(CC(OC)C1C)OC(C(C)C(O)C(C)\C=C/C=C/C=C/C=C/C=C\C(CC(=O)O)OC)C(C)CC2O. The number of aliphatic hydroxyl groups is 3. The van der Waals surface area contributed by atoms with Crippen LogP contribution in [0.15, 0.2) is 72.4 Å². The van der Waals surface area contributed by atoms with Gasteiger partial charge in [0.25, 0.3) is 0 Å². The van der Waals surface area contributed by atoms with Crippen LogP contribution in [0, 0.1) is 35.5 Å². The van der Waals surface area contributed by atoms with Crippen LogP contribution in [0.4, 0.5) is 0 Å². The van der Waals surface area contributed by atoms with Crippen LogP contribution in [-0.4, -0.2) is 89.1 Å². The molecule has 2 heterocycles. The molecule has 4 N–H and O–H groups in total. The average molecular weight is 703 g/mol. The normalized spacial score (nSPS) is 32.7. The van der Waals surface area contributed by atoms with Crippen molar-refractivity contribution in [3.05, 3.63) is 72.4 Å². The van der Waals surface area contributed by atoms with E-state index in [2.05, 4.69) is 26.8 Å². The summed E-state index contributed by atoms with van der Waals surface area (Å²) in [6.45, 7) is 16.2. The number of rotatable bonds is 18. The molecule has 0 radical (unpaired) electrons. The largest absolute Gasteiger partial charge is 0.481 e. The smallest absolute Gasteiger partial charge is 0.306 e. The van der Waals surface area contributed by atoms with Crippen LogP contribution < -0.4 is 0 Å². The monoisotopic (exact) mass is 702 g/mol. The standard InChI is InChI=1S/C41H66O9/c1-11-26(2)22-28(4)38(46)32(8)40-30(6)34(48-10)25-41(50-40)35(42)23-29(5)39(49-41)31(7)37(45)27(3)20-18-16-14-12-13-15-17-19-21-33(47-9)24-36(43)44/h11-21,27-35,37-40,42,45-46H,22-25H2,1-10H3,(H,43,44)/b13-12+,16-14+,17-15+,20-18-,21-19-,26-11+. The van der Waals surface area contributed by atoms with E-state index in [0.29, 0.717) is 12.8 Å². The van der Waals surface area contributed by atoms with Gasteiger partial charge in [0.1, 0.15) is 6.10 Å². The Hall–Kier alpha value is -2.37. The summed E-state index contributed by atoms with van der Waals surface area (Å²) in [5.74, 6) is -2.87. The van der Waals surface area contributed by atoms with E-state index in [9.17, 15) is 20.1 Å². The number of aliphatic hydroxyl groups excluding tert-OH is 3. The fraction of sp³-hybridized carbons (Fsp3) is 0.683. The highest BCUT2D eigenvalue weighted by Gasteiger charge is 2.57. The summed E-state index contributed by atoms with van der Waals surface area (Å²) in [6, 6.07) is 0. The first kappa shape index (κ1) is 43.8. The molecule has 2 aliphatic rings. The molecule has 2 rings (SSSR count). The van der Waals surface area contributed by atoms with E-state index in [4.69, 9.17) is 24.1 Å². The predicted octanol–water partition coefficient (Wildman–Crippen LogP) is 6.80. The van der Waals surface area contributed by atoms with Gasteiger partial charge in [-0.15, -0.1) is 0 Å². The third-order valence-corrected chi connectivity index (χ3v) is 10.8. The zero-order valence-electron chi connectivity index (χ0n) is 32.0. The number of carboxylic acids is 1. The molecule has 9 heteroatoms. The lowest BCUT2D eigenvalue weighted by molar-refractivity contribution is -0.391. The molecule has 2 saturated heterocycles. The lowest BCUT2D eigenvalue weighted by atomic mass is 9.74. The molecule has 9 nitrogen and oxygen atoms in total. The molecule has 0 aromatic rings. The summed E-state index contributed by atoms with van der Waals surface area (Å²) in [5.41, 5.74) is 1.23. The minimum absolute atomic E-state index is 0.0174. The van der Waals surface area contributed by atoms with Gasteiger partial charge in [-0.2, -0.15) is 0 Å². The number of aliphatic carboxylic acids is 1. The molecule has 0 aromatic carbocycles. The average Bonchev–Trinajstić information content (AvgIpc) is 3.09. The second kappa shape index (κ2) is 21.2. The van der Waals surface area contributed by atoms with Crippen molar-refractivity contribution in [3.8, 4) is 0 Å². The number of allylic oxidation sites excluding steroid dienone is 10. The van der Waals surface area contributed by atoms with Crippen molar-refractivity contribution in [1.82, 2.24) is 0 Å². The number of ether oxygens (including phenoxy) is 4. The van der Waals surface area contributed by atoms with Gasteiger partial charge in [0, 0.05) is 44.3 Å². The van der Waals surface area contributed by atoms with Crippen molar-refractivity contribution in [3.63, 3.8) is 0 Å². The van der Waals surface area contributed by atoms with Gasteiger partial charge in [-0.05, 0) is 38.5 Å². The van der Waals surface area contributed by atoms with E-state index in [0.717, 1.165) is 6.42 Å². The first-order chi connectivity index (χ1) is 23.6. The first-order valence-corrected chi connectivity index (χ1v) is 18.3. The Morgan fingerprint density at radius 3 is 1.94 bits per heavy atom. The summed E-state index contributed by atoms with van der Waals surface area (Å²) in [6.07, 6.45) is 18.4. The van der Waals surface area contributed by atoms with Gasteiger partial charge in [0.05, 0.1) is 43.0 Å². The van der Waals surface area contributed by atoms with Gasteiger partial charge in [-0.25, -0.2) is 0 Å². The van der Waals surface area contributed by atoms with Gasteiger partial charge in [-0.1, -0.05) is 114 Å². The number of carboxylic acid groups (broad SMARTS) is 1. The van der Waals surface area contributed by atoms with Gasteiger partial charge < -0.3 is 39.4 Å². The molecular weight excluding hydrogens is 636 g/mol. The predicted molar refractivity (Wildman–Crippen MR) is 198 cm³/mol. The summed E-state index contributed by atoms with van der Waals surface area (Å²) in [4.78, 5) is 10.8. The van der Waals surface area contributed by atoms with Crippen LogP contribution in [0.1, 0.15) is 81.1 Å². The van der Waals surface area contributed by atoms with E-state index in [1.165, 1.54) is 12.7 Å². The van der Waals surface area contributed by atoms with Crippen LogP contribution in [0.25, 0.3) is 0 Å². The molecule has 284 valence electrons. The summed E-state index contributed by atoms with van der Waals surface area (Å²) >= 11 is 0. The maximum Gasteiger partial charge on any atom is 0.306 e. The molecule has 0 aliphatic carbocycles. The van der Waals surface area contributed by atoms with E-state index in [-0.39, 0.29) is 54.1 Å². The first-order valence-electron chi connectivity index (χ1n) is 18.3. The van der Waals surface area contributed by atoms with Crippen LogP contribution in [0.3, 0.4) is 0 Å². The Morgan fingerprint density at radius 1 is 0.860 bits per heavy atom. The van der Waals surface area contributed by atoms with Crippen LogP contribution in [-0.2, 0) is 23.7 Å². The van der Waals surface area contributed by atoms with Crippen molar-refractivity contribution >= 4 is 5.97 Å². The highest BCUT2D eigenvalue weighted by molar-refractivity contribution is 5.67. The number of hydrogen-bond donors (Lipinski definition) is 4. The quantitative estimate of drug-likeness (QED) is 0.0899. The molecule has 0 saturated carbocycles. The lowest BCUT2D eigenvalue weighted by Crippen LogP contribution is -2.65. The number of carbonyl (C=O) groups is 1. The van der Waals surface area contributed by atoms with Gasteiger partial charge in [0.2, 0.25) is 0 Å². The molecule has 14 atom stereocenters. The van der Waals surface area contributed by atoms with E-state index < -0.39 is 42.3 Å². The maximum atomic E-state index is 11.5. The zero-order chi connectivity index (χ0) is 37.6. The number of methoxy groups -OCH3 is 2. The molecule has 2 fully saturated rings. The Morgan fingerprint density at radius 2 is 1.40 bits per heavy atom. The van der Waals surface area contributed by atoms with Crippen molar-refractivity contribution < 1.29 is 44.2 Å². The third-order valence-electron chi connectivity index (χ3n) is 10.8. The summed E-state index contributed by atoms with van der Waals surface area (Å²) in [5, 5.41) is 43.3. The second-order valence-electron chi connectivity index (χ2n) is 14.7. The minimum Gasteiger partial charge on any atom is -0.481 e. The van der Waals surface area contributed by atoms with E-state index in [1.807, 2.05) is 77.2 Å². The molecule has 0 aromatic heterocycles. The minimum atomic E-state index is -1.30. The lowest BCUT2D eigenvalue weighted by Gasteiger charge is -2.56. The second-order valence-corrected chi connectivity index (χ2v) is 14.7. The van der Waals surface area contributed by atoms with E-state index in [1.54, 1.807) is 25.3 Å². The molecule has 0 bridgehead atoms. The number of hydrogen-bond acceptors (Lipinski definition) is 8. The molecule has 50 heavy (non-hydrogen) atoms. The van der Waals surface area contributed by atoms with Gasteiger partial charge in [-0.3, -0.25) is 4.79 Å². The van der Waals surface area contributed by atoms with Gasteiger partial charge >= 0.3 is 5.97 Å². The molecule has 0 amide bonds. The van der Waals surface area contributed by atoms with Crippen molar-refractivity contribution in [1.29, 1.82) is 0 Å².